The Labute approximate surface area is 225 Å². The molecule has 2 saturated heterocycles. The summed E-state index contributed by atoms with van der Waals surface area (Å²) in [5.74, 6) is 2.64. The number of fused-ring (bicyclic) bond motifs is 4. The van der Waals surface area contributed by atoms with E-state index >= 15 is 0 Å². The van der Waals surface area contributed by atoms with Crippen LogP contribution in [0.1, 0.15) is 30.9 Å². The molecule has 2 bridgehead atoms. The molecule has 2 N–H and O–H groups in total. The number of H-pyrrole nitrogens is 1. The lowest BCUT2D eigenvalue weighted by Gasteiger charge is -2.33. The van der Waals surface area contributed by atoms with Crippen molar-refractivity contribution in [2.24, 2.45) is 0 Å². The highest BCUT2D eigenvalue weighted by Gasteiger charge is 2.49. The fourth-order valence-electron chi connectivity index (χ4n) is 6.05. The summed E-state index contributed by atoms with van der Waals surface area (Å²) in [6.07, 6.45) is 3.16. The van der Waals surface area contributed by atoms with Gasteiger partial charge >= 0.3 is 0 Å². The number of anilines is 3. The van der Waals surface area contributed by atoms with E-state index in [1.165, 1.54) is 12.8 Å². The Hall–Kier alpha value is -4.02. The average molecular weight is 538 g/mol. The van der Waals surface area contributed by atoms with E-state index in [0.717, 1.165) is 39.6 Å². The summed E-state index contributed by atoms with van der Waals surface area (Å²) in [5, 5.41) is 13.9. The Bertz CT molecular complexity index is 1850. The molecule has 39 heavy (non-hydrogen) atoms. The molecule has 2 atom stereocenters. The van der Waals surface area contributed by atoms with Crippen LogP contribution in [-0.2, 0) is 10.0 Å². The van der Waals surface area contributed by atoms with Crippen LogP contribution in [0.15, 0.2) is 77.7 Å². The summed E-state index contributed by atoms with van der Waals surface area (Å²) in [6.45, 7) is 0.979. The van der Waals surface area contributed by atoms with Gasteiger partial charge < -0.3 is 10.2 Å². The third kappa shape index (κ3) is 3.85. The number of hydrogen-bond acceptors (Lipinski definition) is 7. The zero-order valence-electron chi connectivity index (χ0n) is 21.2. The van der Waals surface area contributed by atoms with Crippen LogP contribution in [0, 0.1) is 0 Å². The molecule has 2 unspecified atom stereocenters. The minimum Gasteiger partial charge on any atom is -0.335 e. The van der Waals surface area contributed by atoms with Gasteiger partial charge in [0.25, 0.3) is 0 Å². The molecule has 3 aliphatic rings. The van der Waals surface area contributed by atoms with E-state index < -0.39 is 10.0 Å². The van der Waals surface area contributed by atoms with Gasteiger partial charge in [-0.3, -0.25) is 5.10 Å². The maximum atomic E-state index is 13.7. The van der Waals surface area contributed by atoms with Crippen LogP contribution in [0.5, 0.6) is 0 Å². The van der Waals surface area contributed by atoms with Gasteiger partial charge in [0.2, 0.25) is 16.0 Å². The molecule has 0 spiro atoms. The summed E-state index contributed by atoms with van der Waals surface area (Å²) >= 11 is 0. The average Bonchev–Trinajstić information content (AvgIpc) is 3.36. The van der Waals surface area contributed by atoms with Crippen molar-refractivity contribution in [3.05, 3.63) is 78.5 Å². The Balaban J connectivity index is 1.08. The van der Waals surface area contributed by atoms with E-state index in [0.29, 0.717) is 35.7 Å². The SMILES string of the molecule is O=S(=O)(c1ccc2ccccc2c1)N1CC2CC1CN2c1nc(Nc2cc(C3CC3)[nH]n2)c2ccccc2n1. The molecule has 10 heteroatoms. The number of para-hydroxylation sites is 1. The molecular formula is C29H27N7O2S. The minimum absolute atomic E-state index is 0.0195. The number of benzene rings is 3. The number of hydrogen-bond donors (Lipinski definition) is 2. The monoisotopic (exact) mass is 537 g/mol. The number of nitrogens with one attached hydrogen (secondary N) is 2. The highest BCUT2D eigenvalue weighted by molar-refractivity contribution is 7.89. The third-order valence-corrected chi connectivity index (χ3v) is 10.1. The molecular weight excluding hydrogens is 510 g/mol. The number of nitrogens with zero attached hydrogens (tertiary/aromatic N) is 5. The largest absolute Gasteiger partial charge is 0.335 e. The van der Waals surface area contributed by atoms with Gasteiger partial charge in [0, 0.05) is 48.2 Å². The fourth-order valence-corrected chi connectivity index (χ4v) is 7.75. The van der Waals surface area contributed by atoms with Crippen LogP contribution >= 0.6 is 0 Å². The first kappa shape index (κ1) is 22.9. The predicted octanol–water partition coefficient (Wildman–Crippen LogP) is 4.78. The van der Waals surface area contributed by atoms with Crippen LogP contribution < -0.4 is 10.2 Å². The Morgan fingerprint density at radius 3 is 2.51 bits per heavy atom. The van der Waals surface area contributed by atoms with Crippen LogP contribution in [0.2, 0.25) is 0 Å². The first-order valence-corrected chi connectivity index (χ1v) is 14.8. The van der Waals surface area contributed by atoms with Crippen molar-refractivity contribution >= 4 is 49.3 Å². The van der Waals surface area contributed by atoms with Crippen molar-refractivity contribution in [1.82, 2.24) is 24.5 Å². The molecule has 2 aliphatic heterocycles. The van der Waals surface area contributed by atoms with Crippen LogP contribution in [0.3, 0.4) is 0 Å². The second-order valence-electron chi connectivity index (χ2n) is 10.8. The molecule has 2 aromatic heterocycles. The summed E-state index contributed by atoms with van der Waals surface area (Å²) in [7, 11) is -3.61. The van der Waals surface area contributed by atoms with Gasteiger partial charge in [0.15, 0.2) is 5.82 Å². The molecule has 0 amide bonds. The van der Waals surface area contributed by atoms with Gasteiger partial charge in [0.05, 0.1) is 10.4 Å². The van der Waals surface area contributed by atoms with E-state index in [2.05, 4.69) is 26.5 Å². The second-order valence-corrected chi connectivity index (χ2v) is 12.7. The third-order valence-electron chi connectivity index (χ3n) is 8.23. The van der Waals surface area contributed by atoms with Crippen molar-refractivity contribution in [1.29, 1.82) is 0 Å². The summed E-state index contributed by atoms with van der Waals surface area (Å²) in [5.41, 5.74) is 1.99. The lowest BCUT2D eigenvalue weighted by atomic mass is 10.1. The number of rotatable bonds is 6. The molecule has 1 saturated carbocycles. The lowest BCUT2D eigenvalue weighted by Crippen LogP contribution is -2.49. The number of piperazine rings is 1. The Morgan fingerprint density at radius 2 is 1.69 bits per heavy atom. The Kier molecular flexibility index (Phi) is 4.99. The number of aromatic nitrogens is 4. The molecule has 0 radical (unpaired) electrons. The van der Waals surface area contributed by atoms with Crippen LogP contribution in [0.4, 0.5) is 17.6 Å². The first-order chi connectivity index (χ1) is 19.0. The van der Waals surface area contributed by atoms with Crippen molar-refractivity contribution in [2.75, 3.05) is 23.3 Å². The van der Waals surface area contributed by atoms with Crippen molar-refractivity contribution in [2.45, 2.75) is 42.2 Å². The van der Waals surface area contributed by atoms with E-state index in [1.807, 2.05) is 54.6 Å². The van der Waals surface area contributed by atoms with E-state index in [-0.39, 0.29) is 12.1 Å². The smallest absolute Gasteiger partial charge is 0.243 e. The molecule has 5 aromatic rings. The minimum atomic E-state index is -3.61. The van der Waals surface area contributed by atoms with Crippen LogP contribution in [-0.4, -0.2) is 58.1 Å². The van der Waals surface area contributed by atoms with Gasteiger partial charge in [-0.1, -0.05) is 42.5 Å². The maximum absolute atomic E-state index is 13.7. The molecule has 4 heterocycles. The molecule has 3 fully saturated rings. The summed E-state index contributed by atoms with van der Waals surface area (Å²) in [4.78, 5) is 12.3. The molecule has 196 valence electrons. The first-order valence-electron chi connectivity index (χ1n) is 13.4. The number of aromatic amines is 1. The molecule has 1 aliphatic carbocycles. The van der Waals surface area contributed by atoms with Gasteiger partial charge in [-0.15, -0.1) is 0 Å². The zero-order chi connectivity index (χ0) is 26.1. The second kappa shape index (κ2) is 8.49. The van der Waals surface area contributed by atoms with Gasteiger partial charge in [-0.05, 0) is 54.3 Å². The van der Waals surface area contributed by atoms with E-state index in [1.54, 1.807) is 16.4 Å². The van der Waals surface area contributed by atoms with E-state index in [4.69, 9.17) is 9.97 Å². The zero-order valence-corrected chi connectivity index (χ0v) is 22.0. The highest BCUT2D eigenvalue weighted by atomic mass is 32.2. The van der Waals surface area contributed by atoms with E-state index in [9.17, 15) is 8.42 Å². The Morgan fingerprint density at radius 1 is 0.872 bits per heavy atom. The highest BCUT2D eigenvalue weighted by Crippen LogP contribution is 2.41. The quantitative estimate of drug-likeness (QED) is 0.321. The lowest BCUT2D eigenvalue weighted by molar-refractivity contribution is 0.367. The maximum Gasteiger partial charge on any atom is 0.243 e. The topological polar surface area (TPSA) is 107 Å². The standard InChI is InChI=1S/C29H27N7O2S/c37-39(38,23-12-11-18-5-1-2-6-20(18)13-23)36-17-21-14-22(36)16-35(21)29-30-25-8-4-3-7-24(25)28(32-29)31-27-15-26(33-34-27)19-9-10-19/h1-8,11-13,15,19,21-22H,9-10,14,16-17H2,(H2,30,31,32,33,34). The molecule has 9 nitrogen and oxygen atoms in total. The van der Waals surface area contributed by atoms with Crippen LogP contribution in [0.25, 0.3) is 21.7 Å². The van der Waals surface area contributed by atoms with Crippen molar-refractivity contribution in [3.63, 3.8) is 0 Å². The van der Waals surface area contributed by atoms with Gasteiger partial charge in [-0.25, -0.2) is 13.4 Å². The normalized spacial score (nSPS) is 21.3. The summed E-state index contributed by atoms with van der Waals surface area (Å²) in [6, 6.07) is 23.1. The number of sulfonamides is 1. The fraction of sp³-hybridized carbons (Fsp3) is 0.276. The summed E-state index contributed by atoms with van der Waals surface area (Å²) < 4.78 is 29.0. The van der Waals surface area contributed by atoms with Crippen molar-refractivity contribution < 1.29 is 8.42 Å². The van der Waals surface area contributed by atoms with Gasteiger partial charge in [0.1, 0.15) is 5.82 Å². The molecule has 8 rings (SSSR count). The van der Waals surface area contributed by atoms with Gasteiger partial charge in [-0.2, -0.15) is 14.4 Å². The predicted molar refractivity (Wildman–Crippen MR) is 151 cm³/mol. The molecule has 3 aromatic carbocycles. The van der Waals surface area contributed by atoms with Crippen molar-refractivity contribution in [3.8, 4) is 0 Å².